The summed E-state index contributed by atoms with van der Waals surface area (Å²) in [4.78, 5) is 40.4. The van der Waals surface area contributed by atoms with Crippen molar-refractivity contribution in [2.24, 2.45) is 50.7 Å². The molecule has 3 saturated carbocycles. The van der Waals surface area contributed by atoms with Gasteiger partial charge in [0.2, 0.25) is 5.79 Å². The zero-order valence-corrected chi connectivity index (χ0v) is 29.8. The highest BCUT2D eigenvalue weighted by Crippen LogP contribution is 2.89. The normalized spacial score (nSPS) is 52.7. The van der Waals surface area contributed by atoms with Crippen LogP contribution in [0.2, 0.25) is 0 Å². The van der Waals surface area contributed by atoms with Crippen LogP contribution in [0, 0.1) is 50.7 Å². The largest absolute Gasteiger partial charge is 0.457 e. The number of ketones is 1. The van der Waals surface area contributed by atoms with Crippen LogP contribution in [-0.4, -0.2) is 70.8 Å². The van der Waals surface area contributed by atoms with E-state index in [0.717, 1.165) is 32.1 Å². The number of carbonyl (C=O) groups is 3. The summed E-state index contributed by atoms with van der Waals surface area (Å²) in [7, 11) is 0. The summed E-state index contributed by atoms with van der Waals surface area (Å²) in [5, 5.41) is 24.1. The summed E-state index contributed by atoms with van der Waals surface area (Å²) >= 11 is 0. The number of ether oxygens (including phenoxy) is 4. The fourth-order valence-electron chi connectivity index (χ4n) is 13.6. The number of esters is 2. The van der Waals surface area contributed by atoms with Crippen molar-refractivity contribution in [3.63, 3.8) is 0 Å². The van der Waals surface area contributed by atoms with Gasteiger partial charge in [-0.15, -0.1) is 0 Å². The molecule has 9 heteroatoms. The van der Waals surface area contributed by atoms with Crippen LogP contribution < -0.4 is 0 Å². The number of aliphatic hydroxyl groups is 2. The minimum absolute atomic E-state index is 0.0168. The van der Waals surface area contributed by atoms with E-state index in [4.69, 9.17) is 18.9 Å². The Morgan fingerprint density at radius 1 is 1.04 bits per heavy atom. The molecular formula is C41H50O9. The van der Waals surface area contributed by atoms with Crippen molar-refractivity contribution >= 4 is 17.7 Å². The summed E-state index contributed by atoms with van der Waals surface area (Å²) in [6.07, 6.45) is 9.16. The minimum Gasteiger partial charge on any atom is -0.457 e. The number of rotatable bonds is 4. The molecule has 268 valence electrons. The molecule has 50 heavy (non-hydrogen) atoms. The molecule has 3 heterocycles. The van der Waals surface area contributed by atoms with Crippen molar-refractivity contribution in [2.75, 3.05) is 13.2 Å². The molecule has 3 aliphatic heterocycles. The Labute approximate surface area is 293 Å². The average Bonchev–Trinajstić information content (AvgIpc) is 3.36. The second-order valence-electron chi connectivity index (χ2n) is 18.2. The average molecular weight is 687 g/mol. The highest BCUT2D eigenvalue weighted by atomic mass is 16.8. The molecule has 3 saturated heterocycles. The van der Waals surface area contributed by atoms with Crippen LogP contribution in [0.1, 0.15) is 78.7 Å². The summed E-state index contributed by atoms with van der Waals surface area (Å²) in [5.41, 5.74) is -1.06. The van der Waals surface area contributed by atoms with Gasteiger partial charge >= 0.3 is 11.9 Å². The van der Waals surface area contributed by atoms with E-state index < -0.39 is 63.1 Å². The van der Waals surface area contributed by atoms with E-state index in [1.807, 2.05) is 6.07 Å². The number of fused-ring (bicyclic) bond motifs is 5. The molecule has 1 spiro atoms. The first-order chi connectivity index (χ1) is 23.6. The van der Waals surface area contributed by atoms with E-state index in [2.05, 4.69) is 63.3 Å². The Morgan fingerprint density at radius 3 is 2.54 bits per heavy atom. The van der Waals surface area contributed by atoms with E-state index in [9.17, 15) is 24.6 Å². The van der Waals surface area contributed by atoms with Crippen molar-refractivity contribution in [2.45, 2.75) is 109 Å². The van der Waals surface area contributed by atoms with Crippen LogP contribution in [0.5, 0.6) is 0 Å². The van der Waals surface area contributed by atoms with E-state index in [1.165, 1.54) is 18.1 Å². The zero-order valence-electron chi connectivity index (χ0n) is 29.8. The molecule has 5 aliphatic carbocycles. The summed E-state index contributed by atoms with van der Waals surface area (Å²) in [6.45, 7) is 10.1. The van der Waals surface area contributed by atoms with Crippen molar-refractivity contribution in [3.8, 4) is 0 Å². The number of benzene rings is 1. The molecule has 0 bridgehead atoms. The third-order valence-electron chi connectivity index (χ3n) is 15.6. The Kier molecular flexibility index (Phi) is 6.72. The summed E-state index contributed by atoms with van der Waals surface area (Å²) in [6, 6.07) is 10.4. The second-order valence-corrected chi connectivity index (χ2v) is 18.2. The molecule has 0 amide bonds. The van der Waals surface area contributed by atoms with Crippen molar-refractivity contribution < 1.29 is 43.5 Å². The van der Waals surface area contributed by atoms with Crippen LogP contribution in [0.3, 0.4) is 0 Å². The fraction of sp³-hybridized carbons (Fsp3) is 0.683. The maximum Gasteiger partial charge on any atom is 0.314 e. The highest BCUT2D eigenvalue weighted by molar-refractivity contribution is 5.93. The lowest BCUT2D eigenvalue weighted by atomic mass is 9.38. The van der Waals surface area contributed by atoms with Gasteiger partial charge in [0.1, 0.15) is 17.8 Å². The minimum atomic E-state index is -1.57. The van der Waals surface area contributed by atoms with Gasteiger partial charge in [-0.3, -0.25) is 14.4 Å². The molecular weight excluding hydrogens is 636 g/mol. The second kappa shape index (κ2) is 10.2. The van der Waals surface area contributed by atoms with Crippen LogP contribution in [0.4, 0.5) is 0 Å². The van der Waals surface area contributed by atoms with Gasteiger partial charge in [-0.1, -0.05) is 74.9 Å². The molecule has 2 N–H and O–H groups in total. The van der Waals surface area contributed by atoms with Crippen LogP contribution >= 0.6 is 0 Å². The molecule has 1 aromatic carbocycles. The Balaban J connectivity index is 1.02. The van der Waals surface area contributed by atoms with Crippen molar-refractivity contribution in [1.29, 1.82) is 0 Å². The third kappa shape index (κ3) is 3.90. The molecule has 6 fully saturated rings. The lowest BCUT2D eigenvalue weighted by Crippen LogP contribution is -2.69. The first-order valence-electron chi connectivity index (χ1n) is 18.6. The lowest BCUT2D eigenvalue weighted by molar-refractivity contribution is -0.220. The number of aliphatic hydroxyl groups excluding tert-OH is 2. The molecule has 14 atom stereocenters. The maximum absolute atomic E-state index is 14.9. The number of Topliss-reactive ketones (excluding diaryl/α,β-unsaturated/α-hetero) is 1. The third-order valence-corrected chi connectivity index (χ3v) is 15.6. The van der Waals surface area contributed by atoms with Gasteiger partial charge in [0.15, 0.2) is 5.78 Å². The van der Waals surface area contributed by atoms with Gasteiger partial charge in [-0.25, -0.2) is 0 Å². The van der Waals surface area contributed by atoms with Gasteiger partial charge in [0.25, 0.3) is 0 Å². The van der Waals surface area contributed by atoms with E-state index in [1.54, 1.807) is 6.92 Å². The van der Waals surface area contributed by atoms with Crippen LogP contribution in [0.15, 0.2) is 54.1 Å². The van der Waals surface area contributed by atoms with Gasteiger partial charge in [0, 0.05) is 23.7 Å². The zero-order chi connectivity index (χ0) is 35.3. The predicted octanol–water partition coefficient (Wildman–Crippen LogP) is 4.87. The van der Waals surface area contributed by atoms with E-state index in [-0.39, 0.29) is 48.1 Å². The van der Waals surface area contributed by atoms with Crippen LogP contribution in [-0.2, 0) is 39.8 Å². The molecule has 1 aromatic rings. The molecule has 0 aromatic heterocycles. The van der Waals surface area contributed by atoms with Gasteiger partial charge < -0.3 is 29.2 Å². The van der Waals surface area contributed by atoms with E-state index in [0.29, 0.717) is 13.0 Å². The Morgan fingerprint density at radius 2 is 1.80 bits per heavy atom. The van der Waals surface area contributed by atoms with Gasteiger partial charge in [0.05, 0.1) is 31.7 Å². The van der Waals surface area contributed by atoms with Crippen molar-refractivity contribution in [1.82, 2.24) is 0 Å². The number of allylic oxidation sites excluding steroid dienone is 3. The summed E-state index contributed by atoms with van der Waals surface area (Å²) < 4.78 is 23.9. The lowest BCUT2D eigenvalue weighted by Gasteiger charge is -2.66. The standard InChI is InChI=1S/C41H50O9/c1-23(42)49-35(2)19-41(48-21-35)32(44)29(34(46)50-41)27-12-16-40-20-39(27,40)15-13-28-36(3)14-11-25-18-26(17-24-9-7-6-8-10-24)47-22-37(25,4)31(36)30(43)33(45)38(28,40)5/h6-11,13,15,26-32,43-44H,12,14,16-22H2,1-5H3/t26-,27+,28-,29-,30-,31-,32-,35-,36-,37+,38+,39-,40-,41?/m1/s1. The number of hydrogen-bond acceptors (Lipinski definition) is 9. The molecule has 9 rings (SSSR count). The molecule has 1 unspecified atom stereocenters. The topological polar surface area (TPSA) is 129 Å². The fourth-order valence-corrected chi connectivity index (χ4v) is 13.6. The highest BCUT2D eigenvalue weighted by Gasteiger charge is 2.87. The summed E-state index contributed by atoms with van der Waals surface area (Å²) in [5.74, 6) is -4.11. The Bertz CT molecular complexity index is 1740. The van der Waals surface area contributed by atoms with Crippen LogP contribution in [0.25, 0.3) is 0 Å². The monoisotopic (exact) mass is 686 g/mol. The first-order valence-corrected chi connectivity index (χ1v) is 18.6. The smallest absolute Gasteiger partial charge is 0.314 e. The number of carbonyl (C=O) groups excluding carboxylic acids is 3. The van der Waals surface area contributed by atoms with Gasteiger partial charge in [-0.2, -0.15) is 0 Å². The quantitative estimate of drug-likeness (QED) is 0.337. The van der Waals surface area contributed by atoms with E-state index >= 15 is 0 Å². The molecule has 9 nitrogen and oxygen atoms in total. The van der Waals surface area contributed by atoms with Gasteiger partial charge in [-0.05, 0) is 79.1 Å². The molecule has 8 aliphatic rings. The van der Waals surface area contributed by atoms with Crippen molar-refractivity contribution in [3.05, 3.63) is 59.7 Å². The predicted molar refractivity (Wildman–Crippen MR) is 180 cm³/mol. The first kappa shape index (κ1) is 33.0. The number of hydrogen-bond donors (Lipinski definition) is 2. The SMILES string of the molecule is CC(=O)O[C@@]1(C)COC2(C1)OC(=O)[C@H]([C@@H]1CC[C@]34C[C@]13C=C[C@@H]1[C@@]3(C)CC=C5C[C@@H](Cc6ccccc6)OC[C@]5(C)[C@@H]3[C@@H](O)C(=O)[C@]14C)[C@H]2O. The molecule has 0 radical (unpaired) electrons. The Hall–Kier alpha value is -2.85. The maximum atomic E-state index is 14.9.